The number of rotatable bonds is 6. The van der Waals surface area contributed by atoms with Crippen LogP contribution < -0.4 is 10.6 Å². The Morgan fingerprint density at radius 1 is 1.07 bits per heavy atom. The maximum Gasteiger partial charge on any atom is 0.252 e. The first-order valence-electron chi connectivity index (χ1n) is 9.18. The smallest absolute Gasteiger partial charge is 0.252 e. The molecule has 3 rings (SSSR count). The third-order valence-corrected chi connectivity index (χ3v) is 5.17. The molecule has 2 aromatic heterocycles. The van der Waals surface area contributed by atoms with E-state index in [0.29, 0.717) is 29.7 Å². The van der Waals surface area contributed by atoms with Crippen LogP contribution in [0.1, 0.15) is 41.6 Å². The van der Waals surface area contributed by atoms with Gasteiger partial charge in [-0.05, 0) is 55.4 Å². The molecule has 142 valence electrons. The van der Waals surface area contributed by atoms with Crippen LogP contribution >= 0.6 is 11.6 Å². The van der Waals surface area contributed by atoms with Crippen LogP contribution in [0, 0.1) is 11.8 Å². The lowest BCUT2D eigenvalue weighted by Crippen LogP contribution is -2.36. The summed E-state index contributed by atoms with van der Waals surface area (Å²) in [6, 6.07) is 7.07. The number of amides is 2. The van der Waals surface area contributed by atoms with Crippen molar-refractivity contribution in [2.75, 3.05) is 6.54 Å². The lowest BCUT2D eigenvalue weighted by molar-refractivity contribution is -0.126. The molecule has 2 N–H and O–H groups in total. The third kappa shape index (κ3) is 5.76. The summed E-state index contributed by atoms with van der Waals surface area (Å²) in [6.45, 7) is 1.13. The van der Waals surface area contributed by atoms with E-state index < -0.39 is 0 Å². The summed E-state index contributed by atoms with van der Waals surface area (Å²) in [5.41, 5.74) is 1.50. The van der Waals surface area contributed by atoms with Crippen molar-refractivity contribution in [1.29, 1.82) is 0 Å². The van der Waals surface area contributed by atoms with Crippen molar-refractivity contribution < 1.29 is 9.59 Å². The molecule has 0 unspecified atom stereocenters. The average Bonchev–Trinajstić information content (AvgIpc) is 2.72. The number of aromatic nitrogens is 2. The SMILES string of the molecule is O=C(NCC1CCC(C(=O)NCc2cccnc2)CC1)c1ccc(Cl)nc1. The highest BCUT2D eigenvalue weighted by Crippen LogP contribution is 2.28. The minimum Gasteiger partial charge on any atom is -0.352 e. The second-order valence-corrected chi connectivity index (χ2v) is 7.26. The molecule has 1 aliphatic carbocycles. The van der Waals surface area contributed by atoms with Gasteiger partial charge in [-0.2, -0.15) is 0 Å². The van der Waals surface area contributed by atoms with Gasteiger partial charge in [0.15, 0.2) is 0 Å². The van der Waals surface area contributed by atoms with Crippen LogP contribution in [0.5, 0.6) is 0 Å². The van der Waals surface area contributed by atoms with Crippen molar-refractivity contribution in [1.82, 2.24) is 20.6 Å². The Balaban J connectivity index is 1.37. The molecule has 0 aliphatic heterocycles. The molecule has 0 spiro atoms. The van der Waals surface area contributed by atoms with E-state index in [1.807, 2.05) is 12.1 Å². The molecule has 0 aromatic carbocycles. The second kappa shape index (κ2) is 9.46. The number of pyridine rings is 2. The maximum absolute atomic E-state index is 12.3. The summed E-state index contributed by atoms with van der Waals surface area (Å²) in [5, 5.41) is 6.31. The van der Waals surface area contributed by atoms with Gasteiger partial charge in [-0.25, -0.2) is 4.98 Å². The highest BCUT2D eigenvalue weighted by molar-refractivity contribution is 6.29. The van der Waals surface area contributed by atoms with Gasteiger partial charge in [-0.3, -0.25) is 14.6 Å². The minimum absolute atomic E-state index is 0.0501. The minimum atomic E-state index is -0.143. The zero-order valence-corrected chi connectivity index (χ0v) is 15.8. The van der Waals surface area contributed by atoms with E-state index >= 15 is 0 Å². The number of hydrogen-bond acceptors (Lipinski definition) is 4. The van der Waals surface area contributed by atoms with Gasteiger partial charge in [-0.1, -0.05) is 17.7 Å². The number of carbonyl (C=O) groups is 2. The molecule has 0 atom stereocenters. The van der Waals surface area contributed by atoms with Crippen LogP contribution in [0.25, 0.3) is 0 Å². The Bertz CT molecular complexity index is 759. The van der Waals surface area contributed by atoms with Gasteiger partial charge in [0.2, 0.25) is 5.91 Å². The zero-order valence-electron chi connectivity index (χ0n) is 15.0. The van der Waals surface area contributed by atoms with Crippen LogP contribution in [-0.2, 0) is 11.3 Å². The summed E-state index contributed by atoms with van der Waals surface area (Å²) in [5.74, 6) is 0.412. The number of carbonyl (C=O) groups excluding carboxylic acids is 2. The van der Waals surface area contributed by atoms with Gasteiger partial charge < -0.3 is 10.6 Å². The molecular formula is C20H23ClN4O2. The van der Waals surface area contributed by atoms with Crippen LogP contribution in [0.15, 0.2) is 42.9 Å². The molecule has 1 fully saturated rings. The van der Waals surface area contributed by atoms with Crippen molar-refractivity contribution >= 4 is 23.4 Å². The fourth-order valence-corrected chi connectivity index (χ4v) is 3.43. The third-order valence-electron chi connectivity index (χ3n) is 4.95. The number of halogens is 1. The summed E-state index contributed by atoms with van der Waals surface area (Å²) in [4.78, 5) is 32.4. The molecule has 2 heterocycles. The quantitative estimate of drug-likeness (QED) is 0.747. The monoisotopic (exact) mass is 386 g/mol. The van der Waals surface area contributed by atoms with Gasteiger partial charge in [0.1, 0.15) is 5.15 Å². The summed E-state index contributed by atoms with van der Waals surface area (Å²) in [7, 11) is 0. The normalized spacial score (nSPS) is 19.3. The largest absolute Gasteiger partial charge is 0.352 e. The van der Waals surface area contributed by atoms with Crippen molar-refractivity contribution in [3.8, 4) is 0 Å². The van der Waals surface area contributed by atoms with Crippen LogP contribution in [0.4, 0.5) is 0 Å². The van der Waals surface area contributed by atoms with E-state index in [9.17, 15) is 9.59 Å². The van der Waals surface area contributed by atoms with Gasteiger partial charge in [-0.15, -0.1) is 0 Å². The van der Waals surface area contributed by atoms with Crippen molar-refractivity contribution in [3.63, 3.8) is 0 Å². The lowest BCUT2D eigenvalue weighted by atomic mass is 9.81. The summed E-state index contributed by atoms with van der Waals surface area (Å²) < 4.78 is 0. The van der Waals surface area contributed by atoms with Crippen LogP contribution in [0.3, 0.4) is 0 Å². The number of nitrogens with one attached hydrogen (secondary N) is 2. The van der Waals surface area contributed by atoms with E-state index in [2.05, 4.69) is 20.6 Å². The Hall–Kier alpha value is -2.47. The first-order valence-corrected chi connectivity index (χ1v) is 9.56. The Morgan fingerprint density at radius 3 is 2.56 bits per heavy atom. The highest BCUT2D eigenvalue weighted by Gasteiger charge is 2.26. The molecule has 0 bridgehead atoms. The number of hydrogen-bond donors (Lipinski definition) is 2. The highest BCUT2D eigenvalue weighted by atomic mass is 35.5. The molecule has 7 heteroatoms. The molecule has 2 aromatic rings. The fraction of sp³-hybridized carbons (Fsp3) is 0.400. The van der Waals surface area contributed by atoms with Gasteiger partial charge in [0, 0.05) is 37.6 Å². The van der Waals surface area contributed by atoms with Crippen molar-refractivity contribution in [2.24, 2.45) is 11.8 Å². The molecule has 2 amide bonds. The van der Waals surface area contributed by atoms with Gasteiger partial charge in [0.05, 0.1) is 5.56 Å². The maximum atomic E-state index is 12.3. The molecule has 27 heavy (non-hydrogen) atoms. The van der Waals surface area contributed by atoms with E-state index in [-0.39, 0.29) is 17.7 Å². The molecule has 6 nitrogen and oxygen atoms in total. The van der Waals surface area contributed by atoms with Gasteiger partial charge in [0.25, 0.3) is 5.91 Å². The Morgan fingerprint density at radius 2 is 1.89 bits per heavy atom. The van der Waals surface area contributed by atoms with Gasteiger partial charge >= 0.3 is 0 Å². The molecule has 1 saturated carbocycles. The van der Waals surface area contributed by atoms with E-state index in [1.54, 1.807) is 24.5 Å². The fourth-order valence-electron chi connectivity index (χ4n) is 3.31. The van der Waals surface area contributed by atoms with Crippen molar-refractivity contribution in [3.05, 3.63) is 59.1 Å². The molecule has 0 radical (unpaired) electrons. The first-order chi connectivity index (χ1) is 13.1. The Labute approximate surface area is 163 Å². The average molecular weight is 387 g/mol. The predicted octanol–water partition coefficient (Wildman–Crippen LogP) is 2.98. The molecular weight excluding hydrogens is 364 g/mol. The van der Waals surface area contributed by atoms with Crippen LogP contribution in [0.2, 0.25) is 5.15 Å². The Kier molecular flexibility index (Phi) is 6.76. The lowest BCUT2D eigenvalue weighted by Gasteiger charge is -2.28. The first kappa shape index (κ1) is 19.3. The predicted molar refractivity (Wildman–Crippen MR) is 103 cm³/mol. The molecule has 0 saturated heterocycles. The topological polar surface area (TPSA) is 84.0 Å². The standard InChI is InChI=1S/C20H23ClN4O2/c21-18-8-7-17(13-23-18)20(27)24-11-14-3-5-16(6-4-14)19(26)25-12-15-2-1-9-22-10-15/h1-2,7-10,13-14,16H,3-6,11-12H2,(H,24,27)(H,25,26). The van der Waals surface area contributed by atoms with E-state index in [1.165, 1.54) is 6.20 Å². The molecule has 1 aliphatic rings. The zero-order chi connectivity index (χ0) is 19.1. The number of nitrogens with zero attached hydrogens (tertiary/aromatic N) is 2. The van der Waals surface area contributed by atoms with Crippen molar-refractivity contribution in [2.45, 2.75) is 32.2 Å². The second-order valence-electron chi connectivity index (χ2n) is 6.88. The van der Waals surface area contributed by atoms with E-state index in [0.717, 1.165) is 31.2 Å². The summed E-state index contributed by atoms with van der Waals surface area (Å²) in [6.07, 6.45) is 8.52. The van der Waals surface area contributed by atoms with E-state index in [4.69, 9.17) is 11.6 Å². The summed E-state index contributed by atoms with van der Waals surface area (Å²) >= 11 is 5.73. The van der Waals surface area contributed by atoms with Crippen LogP contribution in [-0.4, -0.2) is 28.3 Å².